The smallest absolute Gasteiger partial charge is 0.241 e. The second-order valence-electron chi connectivity index (χ2n) is 4.62. The zero-order chi connectivity index (χ0) is 14.3. The molecule has 3 aromatic rings. The average Bonchev–Trinajstić information content (AvgIpc) is 2.68. The first-order valence-corrected chi connectivity index (χ1v) is 6.60. The number of ether oxygens (including phenoxy) is 1. The second kappa shape index (κ2) is 4.72. The number of nitrogens with zero attached hydrogens (tertiary/aromatic N) is 2. The third-order valence-corrected chi connectivity index (χ3v) is 3.58. The van der Waals surface area contributed by atoms with Crippen LogP contribution in [0.1, 0.15) is 5.69 Å². The van der Waals surface area contributed by atoms with Gasteiger partial charge in [0.05, 0.1) is 5.69 Å². The van der Waals surface area contributed by atoms with Crippen LogP contribution in [0, 0.1) is 6.92 Å². The minimum absolute atomic E-state index is 0.537. The molecule has 2 N–H and O–H groups in total. The molecule has 4 nitrogen and oxygen atoms in total. The number of aromatic nitrogens is 2. The molecule has 0 aliphatic heterocycles. The number of rotatable bonds is 2. The SMILES string of the molecule is Cc1nn(C)c(Oc2ccc(Cl)c3ccccc23)c1N. The highest BCUT2D eigenvalue weighted by Crippen LogP contribution is 2.36. The van der Waals surface area contributed by atoms with Gasteiger partial charge in [0.15, 0.2) is 0 Å². The number of anilines is 1. The molecule has 0 aliphatic rings. The van der Waals surface area contributed by atoms with Gasteiger partial charge in [-0.3, -0.25) is 0 Å². The zero-order valence-corrected chi connectivity index (χ0v) is 12.0. The summed E-state index contributed by atoms with van der Waals surface area (Å²) in [6, 6.07) is 11.5. The van der Waals surface area contributed by atoms with Gasteiger partial charge in [0.2, 0.25) is 5.88 Å². The predicted molar refractivity (Wildman–Crippen MR) is 81.4 cm³/mol. The van der Waals surface area contributed by atoms with Crippen molar-refractivity contribution >= 4 is 28.1 Å². The number of fused-ring (bicyclic) bond motifs is 1. The third-order valence-electron chi connectivity index (χ3n) is 3.25. The molecule has 0 fully saturated rings. The first-order valence-electron chi connectivity index (χ1n) is 6.22. The molecule has 0 aliphatic carbocycles. The Kier molecular flexibility index (Phi) is 3.03. The molecule has 2 aromatic carbocycles. The van der Waals surface area contributed by atoms with Gasteiger partial charge in [-0.1, -0.05) is 35.9 Å². The molecular weight excluding hydrogens is 274 g/mol. The lowest BCUT2D eigenvalue weighted by atomic mass is 10.1. The van der Waals surface area contributed by atoms with Crippen LogP contribution in [0.25, 0.3) is 10.8 Å². The van der Waals surface area contributed by atoms with E-state index in [1.165, 1.54) is 0 Å². The lowest BCUT2D eigenvalue weighted by molar-refractivity contribution is 0.437. The normalized spacial score (nSPS) is 10.9. The van der Waals surface area contributed by atoms with Crippen molar-refractivity contribution in [3.05, 3.63) is 47.1 Å². The molecule has 0 bridgehead atoms. The third kappa shape index (κ3) is 1.98. The van der Waals surface area contributed by atoms with Crippen molar-refractivity contribution in [2.45, 2.75) is 6.92 Å². The summed E-state index contributed by atoms with van der Waals surface area (Å²) in [5.41, 5.74) is 7.29. The standard InChI is InChI=1S/C15H14ClN3O/c1-9-14(17)15(19(2)18-9)20-13-8-7-12(16)10-5-3-4-6-11(10)13/h3-8H,17H2,1-2H3. The maximum absolute atomic E-state index is 6.20. The van der Waals surface area contributed by atoms with Crippen LogP contribution in [0.3, 0.4) is 0 Å². The summed E-state index contributed by atoms with van der Waals surface area (Å²) in [6.45, 7) is 1.85. The zero-order valence-electron chi connectivity index (χ0n) is 11.2. The van der Waals surface area contributed by atoms with Crippen LogP contribution >= 0.6 is 11.6 Å². The number of benzene rings is 2. The quantitative estimate of drug-likeness (QED) is 0.777. The number of hydrogen-bond donors (Lipinski definition) is 1. The van der Waals surface area contributed by atoms with Gasteiger partial charge in [0.25, 0.3) is 0 Å². The Morgan fingerprint density at radius 2 is 1.85 bits per heavy atom. The minimum Gasteiger partial charge on any atom is -0.437 e. The van der Waals surface area contributed by atoms with Crippen LogP contribution in [0.4, 0.5) is 5.69 Å². The summed E-state index contributed by atoms with van der Waals surface area (Å²) < 4.78 is 7.58. The Labute approximate surface area is 121 Å². The van der Waals surface area contributed by atoms with Gasteiger partial charge in [-0.05, 0) is 19.1 Å². The van der Waals surface area contributed by atoms with E-state index < -0.39 is 0 Å². The molecule has 1 heterocycles. The summed E-state index contributed by atoms with van der Waals surface area (Å²) in [5, 5.41) is 6.83. The number of halogens is 1. The van der Waals surface area contributed by atoms with Crippen LogP contribution < -0.4 is 10.5 Å². The predicted octanol–water partition coefficient (Wildman–Crippen LogP) is 3.91. The Bertz CT molecular complexity index is 795. The van der Waals surface area contributed by atoms with E-state index in [1.807, 2.05) is 43.3 Å². The summed E-state index contributed by atoms with van der Waals surface area (Å²) >= 11 is 6.20. The van der Waals surface area contributed by atoms with Crippen LogP contribution in [-0.2, 0) is 7.05 Å². The lowest BCUT2D eigenvalue weighted by Crippen LogP contribution is -1.97. The number of nitrogens with two attached hydrogens (primary N) is 1. The van der Waals surface area contributed by atoms with Gasteiger partial charge in [-0.15, -0.1) is 0 Å². The van der Waals surface area contributed by atoms with E-state index in [4.69, 9.17) is 22.1 Å². The van der Waals surface area contributed by atoms with Crippen molar-refractivity contribution in [1.82, 2.24) is 9.78 Å². The van der Waals surface area contributed by atoms with Crippen LogP contribution in [0.2, 0.25) is 5.02 Å². The molecule has 0 spiro atoms. The fourth-order valence-electron chi connectivity index (χ4n) is 2.20. The van der Waals surface area contributed by atoms with Crippen molar-refractivity contribution in [1.29, 1.82) is 0 Å². The average molecular weight is 288 g/mol. The number of hydrogen-bond acceptors (Lipinski definition) is 3. The molecule has 0 atom stereocenters. The fraction of sp³-hybridized carbons (Fsp3) is 0.133. The molecular formula is C15H14ClN3O. The van der Waals surface area contributed by atoms with E-state index in [1.54, 1.807) is 11.7 Å². The minimum atomic E-state index is 0.537. The maximum atomic E-state index is 6.20. The first kappa shape index (κ1) is 12.8. The molecule has 20 heavy (non-hydrogen) atoms. The Balaban J connectivity index is 2.14. The Morgan fingerprint density at radius 1 is 1.15 bits per heavy atom. The molecule has 1 aromatic heterocycles. The monoisotopic (exact) mass is 287 g/mol. The molecule has 0 radical (unpaired) electrons. The summed E-state index contributed by atoms with van der Waals surface area (Å²) in [5.74, 6) is 1.25. The van der Waals surface area contributed by atoms with Gasteiger partial charge in [0, 0.05) is 22.8 Å². The largest absolute Gasteiger partial charge is 0.437 e. The Morgan fingerprint density at radius 3 is 2.50 bits per heavy atom. The Hall–Kier alpha value is -2.20. The van der Waals surface area contributed by atoms with Crippen molar-refractivity contribution in [3.8, 4) is 11.6 Å². The lowest BCUT2D eigenvalue weighted by Gasteiger charge is -2.10. The van der Waals surface area contributed by atoms with Gasteiger partial charge >= 0.3 is 0 Å². The molecule has 3 rings (SSSR count). The van der Waals surface area contributed by atoms with Crippen molar-refractivity contribution in [2.75, 3.05) is 5.73 Å². The summed E-state index contributed by atoms with van der Waals surface area (Å²) in [6.07, 6.45) is 0. The molecule has 0 unspecified atom stereocenters. The topological polar surface area (TPSA) is 53.1 Å². The van der Waals surface area contributed by atoms with Gasteiger partial charge < -0.3 is 10.5 Å². The van der Waals surface area contributed by atoms with Crippen molar-refractivity contribution in [2.24, 2.45) is 7.05 Å². The molecule has 0 amide bonds. The number of nitrogen functional groups attached to an aromatic ring is 1. The van der Waals surface area contributed by atoms with Crippen LogP contribution in [0.15, 0.2) is 36.4 Å². The first-order chi connectivity index (χ1) is 9.58. The summed E-state index contributed by atoms with van der Waals surface area (Å²) in [4.78, 5) is 0. The van der Waals surface area contributed by atoms with E-state index in [9.17, 15) is 0 Å². The van der Waals surface area contributed by atoms with Gasteiger partial charge in [-0.2, -0.15) is 5.10 Å². The maximum Gasteiger partial charge on any atom is 0.241 e. The van der Waals surface area contributed by atoms with Crippen molar-refractivity contribution in [3.63, 3.8) is 0 Å². The van der Waals surface area contributed by atoms with Gasteiger partial charge in [-0.25, -0.2) is 4.68 Å². The van der Waals surface area contributed by atoms with E-state index in [-0.39, 0.29) is 0 Å². The summed E-state index contributed by atoms with van der Waals surface area (Å²) in [7, 11) is 1.80. The number of aryl methyl sites for hydroxylation is 2. The van der Waals surface area contributed by atoms with E-state index in [0.29, 0.717) is 22.3 Å². The second-order valence-corrected chi connectivity index (χ2v) is 5.03. The highest BCUT2D eigenvalue weighted by Gasteiger charge is 2.14. The highest BCUT2D eigenvalue weighted by atomic mass is 35.5. The molecule has 5 heteroatoms. The van der Waals surface area contributed by atoms with E-state index >= 15 is 0 Å². The van der Waals surface area contributed by atoms with Crippen molar-refractivity contribution < 1.29 is 4.74 Å². The fourth-order valence-corrected chi connectivity index (χ4v) is 2.43. The van der Waals surface area contributed by atoms with Crippen LogP contribution in [0.5, 0.6) is 11.6 Å². The highest BCUT2D eigenvalue weighted by molar-refractivity contribution is 6.35. The van der Waals surface area contributed by atoms with E-state index in [0.717, 1.165) is 16.5 Å². The molecule has 0 saturated heterocycles. The van der Waals surface area contributed by atoms with E-state index in [2.05, 4.69) is 5.10 Å². The molecule has 0 saturated carbocycles. The van der Waals surface area contributed by atoms with Crippen LogP contribution in [-0.4, -0.2) is 9.78 Å². The molecule has 102 valence electrons. The van der Waals surface area contributed by atoms with Gasteiger partial charge in [0.1, 0.15) is 11.4 Å².